The number of benzene rings is 1. The highest BCUT2D eigenvalue weighted by atomic mass is 32.2. The first-order chi connectivity index (χ1) is 16.0. The fourth-order valence-electron chi connectivity index (χ4n) is 4.98. The zero-order valence-corrected chi connectivity index (χ0v) is 21.5. The Morgan fingerprint density at radius 1 is 1.09 bits per heavy atom. The molecular weight excluding hydrogens is 474 g/mol. The third kappa shape index (κ3) is 4.69. The van der Waals surface area contributed by atoms with Crippen LogP contribution in [0.3, 0.4) is 0 Å². The highest BCUT2D eigenvalue weighted by Gasteiger charge is 2.33. The molecule has 4 rings (SSSR count). The van der Waals surface area contributed by atoms with Gasteiger partial charge in [0.05, 0.1) is 16.0 Å². The van der Waals surface area contributed by atoms with Gasteiger partial charge >= 0.3 is 0 Å². The van der Waals surface area contributed by atoms with E-state index >= 15 is 0 Å². The maximum Gasteiger partial charge on any atom is 0.269 e. The van der Waals surface area contributed by atoms with Crippen LogP contribution in [0, 0.1) is 18.8 Å². The monoisotopic (exact) mass is 505 g/mol. The third-order valence-electron chi connectivity index (χ3n) is 6.84. The molecule has 1 fully saturated rings. The largest absolute Gasteiger partial charge is 0.356 e. The Morgan fingerprint density at radius 3 is 2.44 bits per heavy atom. The zero-order valence-electron chi connectivity index (χ0n) is 19.8. The molecule has 1 aliphatic rings. The van der Waals surface area contributed by atoms with Crippen molar-refractivity contribution in [3.63, 3.8) is 0 Å². The van der Waals surface area contributed by atoms with Crippen molar-refractivity contribution in [1.29, 1.82) is 0 Å². The number of nitrogens with zero attached hydrogens (tertiary/aromatic N) is 4. The first kappa shape index (κ1) is 24.6. The highest BCUT2D eigenvalue weighted by molar-refractivity contribution is 7.90. The summed E-state index contributed by atoms with van der Waals surface area (Å²) in [5.74, 6) is 1.17. The van der Waals surface area contributed by atoms with E-state index in [0.717, 1.165) is 24.8 Å². The summed E-state index contributed by atoms with van der Waals surface area (Å²) in [6.07, 6.45) is 5.35. The first-order valence-electron chi connectivity index (χ1n) is 11.3. The van der Waals surface area contributed by atoms with Crippen LogP contribution in [0.1, 0.15) is 31.7 Å². The zero-order chi connectivity index (χ0) is 24.7. The van der Waals surface area contributed by atoms with Gasteiger partial charge < -0.3 is 4.90 Å². The molecule has 0 amide bonds. The van der Waals surface area contributed by atoms with Crippen molar-refractivity contribution in [2.75, 3.05) is 24.7 Å². The Kier molecular flexibility index (Phi) is 6.71. The summed E-state index contributed by atoms with van der Waals surface area (Å²) in [6, 6.07) is 8.63. The van der Waals surface area contributed by atoms with Gasteiger partial charge in [0, 0.05) is 19.3 Å². The van der Waals surface area contributed by atoms with Crippen molar-refractivity contribution in [3.8, 4) is 0 Å². The minimum Gasteiger partial charge on any atom is -0.356 e. The fraction of sp³-hybridized carbons (Fsp3) is 0.478. The number of fused-ring (bicyclic) bond motifs is 1. The van der Waals surface area contributed by atoms with Crippen LogP contribution < -0.4 is 9.62 Å². The smallest absolute Gasteiger partial charge is 0.269 e. The number of hydrogen-bond donors (Lipinski definition) is 1. The second kappa shape index (κ2) is 9.27. The van der Waals surface area contributed by atoms with Gasteiger partial charge in [-0.1, -0.05) is 24.6 Å². The Morgan fingerprint density at radius 2 is 1.79 bits per heavy atom. The number of sulfonamides is 1. The minimum absolute atomic E-state index is 0.114. The number of rotatable bonds is 7. The predicted molar refractivity (Wildman–Crippen MR) is 133 cm³/mol. The lowest BCUT2D eigenvalue weighted by Gasteiger charge is -2.40. The van der Waals surface area contributed by atoms with E-state index in [1.54, 1.807) is 30.3 Å². The van der Waals surface area contributed by atoms with Crippen molar-refractivity contribution >= 4 is 36.9 Å². The van der Waals surface area contributed by atoms with Crippen molar-refractivity contribution in [2.45, 2.75) is 44.0 Å². The molecular formula is C23H31N5O4S2. The normalized spacial score (nSPS) is 21.6. The first-order valence-corrected chi connectivity index (χ1v) is 14.4. The van der Waals surface area contributed by atoms with Crippen LogP contribution in [0.4, 0.5) is 5.82 Å². The molecule has 184 valence electrons. The summed E-state index contributed by atoms with van der Waals surface area (Å²) < 4.78 is 54.1. The molecule has 2 unspecified atom stereocenters. The van der Waals surface area contributed by atoms with Gasteiger partial charge in [-0.25, -0.2) is 35.5 Å². The lowest BCUT2D eigenvalue weighted by molar-refractivity contribution is 0.258. The number of aromatic nitrogens is 3. The Hall–Kier alpha value is -2.50. The Labute approximate surface area is 201 Å². The van der Waals surface area contributed by atoms with E-state index < -0.39 is 20.0 Å². The topological polar surface area (TPSA) is 114 Å². The van der Waals surface area contributed by atoms with E-state index in [1.807, 2.05) is 14.0 Å². The van der Waals surface area contributed by atoms with E-state index in [4.69, 9.17) is 0 Å². The molecule has 1 N–H and O–H groups in total. The van der Waals surface area contributed by atoms with Gasteiger partial charge in [-0.05, 0) is 63.3 Å². The fourth-order valence-corrected chi connectivity index (χ4v) is 7.37. The van der Waals surface area contributed by atoms with Crippen LogP contribution in [0.5, 0.6) is 0 Å². The van der Waals surface area contributed by atoms with Crippen LogP contribution >= 0.6 is 0 Å². The Balaban J connectivity index is 1.61. The molecule has 1 saturated carbocycles. The SMILES string of the molecule is CNS(=O)(=O)CC1CCC(N(C)c2ncnc3c2ccn3S(=O)(=O)c2ccc(C)cc2)[C@@H](C)C1. The third-order valence-corrected chi connectivity index (χ3v) is 10.0. The second-order valence-corrected chi connectivity index (χ2v) is 13.0. The molecule has 0 radical (unpaired) electrons. The maximum absolute atomic E-state index is 13.3. The maximum atomic E-state index is 13.3. The number of aryl methyl sites for hydroxylation is 1. The van der Waals surface area contributed by atoms with E-state index in [2.05, 4.69) is 26.5 Å². The average Bonchev–Trinajstić information content (AvgIpc) is 3.24. The number of nitrogens with one attached hydrogen (secondary N) is 1. The summed E-state index contributed by atoms with van der Waals surface area (Å²) in [5.41, 5.74) is 1.31. The van der Waals surface area contributed by atoms with Crippen molar-refractivity contribution < 1.29 is 16.8 Å². The van der Waals surface area contributed by atoms with Crippen LogP contribution in [0.25, 0.3) is 11.0 Å². The molecule has 11 heteroatoms. The molecule has 3 atom stereocenters. The van der Waals surface area contributed by atoms with E-state index in [1.165, 1.54) is 23.5 Å². The highest BCUT2D eigenvalue weighted by Crippen LogP contribution is 2.36. The van der Waals surface area contributed by atoms with Crippen LogP contribution in [-0.4, -0.2) is 56.7 Å². The molecule has 1 aliphatic carbocycles. The summed E-state index contributed by atoms with van der Waals surface area (Å²) in [4.78, 5) is 11.1. The molecule has 1 aromatic carbocycles. The Bertz CT molecular complexity index is 1380. The summed E-state index contributed by atoms with van der Waals surface area (Å²) >= 11 is 0. The summed E-state index contributed by atoms with van der Waals surface area (Å²) in [6.45, 7) is 4.04. The summed E-state index contributed by atoms with van der Waals surface area (Å²) in [5, 5.41) is 0.660. The quantitative estimate of drug-likeness (QED) is 0.525. The lowest BCUT2D eigenvalue weighted by atomic mass is 9.79. The van der Waals surface area contributed by atoms with Gasteiger partial charge in [-0.3, -0.25) is 0 Å². The molecule has 0 saturated heterocycles. The lowest BCUT2D eigenvalue weighted by Crippen LogP contribution is -2.43. The van der Waals surface area contributed by atoms with Gasteiger partial charge in [-0.2, -0.15) is 0 Å². The molecule has 0 bridgehead atoms. The van der Waals surface area contributed by atoms with Crippen LogP contribution in [0.15, 0.2) is 47.8 Å². The second-order valence-electron chi connectivity index (χ2n) is 9.18. The van der Waals surface area contributed by atoms with Gasteiger partial charge in [0.25, 0.3) is 10.0 Å². The molecule has 34 heavy (non-hydrogen) atoms. The van der Waals surface area contributed by atoms with Gasteiger partial charge in [0.15, 0.2) is 5.65 Å². The van der Waals surface area contributed by atoms with Crippen molar-refractivity contribution in [2.24, 2.45) is 11.8 Å². The predicted octanol–water partition coefficient (Wildman–Crippen LogP) is 2.77. The van der Waals surface area contributed by atoms with Crippen molar-refractivity contribution in [1.82, 2.24) is 18.7 Å². The number of anilines is 1. The van der Waals surface area contributed by atoms with E-state index in [0.29, 0.717) is 16.9 Å². The molecule has 9 nitrogen and oxygen atoms in total. The minimum atomic E-state index is -3.80. The van der Waals surface area contributed by atoms with Crippen LogP contribution in [-0.2, 0) is 20.0 Å². The van der Waals surface area contributed by atoms with Crippen molar-refractivity contribution in [3.05, 3.63) is 48.4 Å². The molecule has 0 spiro atoms. The molecule has 2 heterocycles. The molecule has 2 aromatic heterocycles. The van der Waals surface area contributed by atoms with Gasteiger partial charge in [-0.15, -0.1) is 0 Å². The molecule has 0 aliphatic heterocycles. The standard InChI is InChI=1S/C23H31N5O4S2/c1-16-5-8-19(9-6-16)34(31,32)28-12-11-20-22(25-15-26-23(20)28)27(4)21-10-7-18(13-17(21)2)14-33(29,30)24-3/h5-6,8-9,11-12,15,17-18,21,24H,7,10,13-14H2,1-4H3/t17-,18?,21?/m0/s1. The average molecular weight is 506 g/mol. The molecule has 3 aromatic rings. The van der Waals surface area contributed by atoms with Crippen LogP contribution in [0.2, 0.25) is 0 Å². The van der Waals surface area contributed by atoms with Gasteiger partial charge in [0.2, 0.25) is 10.0 Å². The van der Waals surface area contributed by atoms with Gasteiger partial charge in [0.1, 0.15) is 12.1 Å². The summed E-state index contributed by atoms with van der Waals surface area (Å²) in [7, 11) is -3.64. The van der Waals surface area contributed by atoms with E-state index in [9.17, 15) is 16.8 Å². The van der Waals surface area contributed by atoms with E-state index in [-0.39, 0.29) is 28.5 Å². The number of hydrogen-bond acceptors (Lipinski definition) is 7.